The van der Waals surface area contributed by atoms with Crippen LogP contribution in [-0.4, -0.2) is 17.0 Å². The van der Waals surface area contributed by atoms with E-state index in [1.165, 1.54) is 16.7 Å². The van der Waals surface area contributed by atoms with Crippen LogP contribution in [0.25, 0.3) is 5.73 Å². The number of fused-ring (bicyclic) bond motifs is 1. The molecule has 0 radical (unpaired) electrons. The molecule has 0 aromatic heterocycles. The molecule has 0 aromatic carbocycles. The van der Waals surface area contributed by atoms with Crippen LogP contribution in [0.4, 0.5) is 0 Å². The molecule has 2 aliphatic rings. The van der Waals surface area contributed by atoms with Crippen molar-refractivity contribution in [3.05, 3.63) is 40.0 Å². The minimum atomic E-state index is -0.250. The minimum Gasteiger partial charge on any atom is -1.00 e. The third kappa shape index (κ3) is 14.4. The van der Waals surface area contributed by atoms with Gasteiger partial charge in [-0.15, -0.1) is 35.2 Å². The van der Waals surface area contributed by atoms with E-state index in [-0.39, 0.29) is 36.5 Å². The first-order chi connectivity index (χ1) is 8.52. The molecule has 0 fully saturated rings. The number of thioether (sulfide) groups is 1. The van der Waals surface area contributed by atoms with Gasteiger partial charge in [-0.05, 0) is 0 Å². The van der Waals surface area contributed by atoms with Crippen LogP contribution in [0.15, 0.2) is 28.2 Å². The average Bonchev–Trinajstić information content (AvgIpc) is 2.69. The van der Waals surface area contributed by atoms with E-state index in [2.05, 4.69) is 63.7 Å². The van der Waals surface area contributed by atoms with Crippen molar-refractivity contribution in [3.63, 3.8) is 0 Å². The smallest absolute Gasteiger partial charge is 1.00 e. The van der Waals surface area contributed by atoms with Gasteiger partial charge in [-0.1, -0.05) is 33.8 Å². The van der Waals surface area contributed by atoms with E-state index in [1.54, 1.807) is 0 Å². The minimum absolute atomic E-state index is 0. The van der Waals surface area contributed by atoms with Gasteiger partial charge in [-0.2, -0.15) is 11.1 Å². The first-order valence-electron chi connectivity index (χ1n) is 6.42. The van der Waals surface area contributed by atoms with Gasteiger partial charge in [-0.25, -0.2) is 6.08 Å². The summed E-state index contributed by atoms with van der Waals surface area (Å²) in [7, 11) is 0. The molecule has 120 valence electrons. The summed E-state index contributed by atoms with van der Waals surface area (Å²) in [6.45, 7) is 14.4. The van der Waals surface area contributed by atoms with E-state index >= 15 is 0 Å². The van der Waals surface area contributed by atoms with Crippen molar-refractivity contribution >= 4 is 17.9 Å². The fourth-order valence-corrected chi connectivity index (χ4v) is 2.33. The molecule has 2 rings (SSSR count). The molecule has 1 heterocycles. The molecule has 1 N–H and O–H groups in total. The maximum absolute atomic E-state index is 6.94. The van der Waals surface area contributed by atoms with Gasteiger partial charge < -0.3 is 30.5 Å². The summed E-state index contributed by atoms with van der Waals surface area (Å²) >= 11 is 4.12. The summed E-state index contributed by atoms with van der Waals surface area (Å²) in [6.07, 6.45) is 5.70. The second-order valence-electron chi connectivity index (χ2n) is 5.96. The molecule has 0 spiro atoms. The second kappa shape index (κ2) is 12.5. The van der Waals surface area contributed by atoms with E-state index in [4.69, 9.17) is 5.73 Å². The van der Waals surface area contributed by atoms with Crippen LogP contribution >= 0.6 is 11.8 Å². The molecule has 0 bridgehead atoms. The Kier molecular flexibility index (Phi) is 16.0. The summed E-state index contributed by atoms with van der Waals surface area (Å²) in [5.74, 6) is 0. The summed E-state index contributed by atoms with van der Waals surface area (Å²) in [4.78, 5) is 0. The van der Waals surface area contributed by atoms with Crippen molar-refractivity contribution in [1.29, 1.82) is 0 Å². The van der Waals surface area contributed by atoms with Gasteiger partial charge >= 0.3 is 38.5 Å². The van der Waals surface area contributed by atoms with Crippen LogP contribution in [0.5, 0.6) is 0 Å². The zero-order valence-electron chi connectivity index (χ0n) is 13.9. The summed E-state index contributed by atoms with van der Waals surface area (Å²) in [5.41, 5.74) is 10.9. The van der Waals surface area contributed by atoms with Crippen molar-refractivity contribution in [2.75, 3.05) is 0 Å². The quantitative estimate of drug-likeness (QED) is 0.392. The Labute approximate surface area is 159 Å². The normalized spacial score (nSPS) is 18.2. The second-order valence-corrected chi connectivity index (χ2v) is 13.7. The summed E-state index contributed by atoms with van der Waals surface area (Å²) < 4.78 is 0. The number of nitrogens with one attached hydrogen (secondary N) is 1. The van der Waals surface area contributed by atoms with Crippen LogP contribution in [0.2, 0.25) is 13.1 Å². The molecule has 0 aromatic rings. The van der Waals surface area contributed by atoms with E-state index < -0.39 is 0 Å². The molecular formula is C15H25Cl2NSSiTi-2. The van der Waals surface area contributed by atoms with Crippen LogP contribution in [0.3, 0.4) is 0 Å². The van der Waals surface area contributed by atoms with E-state index in [0.717, 1.165) is 0 Å². The molecule has 0 saturated heterocycles. The van der Waals surface area contributed by atoms with Gasteiger partial charge in [0.15, 0.2) is 0 Å². The van der Waals surface area contributed by atoms with Crippen molar-refractivity contribution in [3.8, 4) is 0 Å². The maximum atomic E-state index is 6.94. The Hall–Kier alpha value is 1.04. The molecule has 1 atom stereocenters. The van der Waals surface area contributed by atoms with Crippen LogP contribution < -0.4 is 24.8 Å². The first-order valence-corrected chi connectivity index (χ1v) is 12.2. The Balaban J connectivity index is -0.000000257. The van der Waals surface area contributed by atoms with Crippen LogP contribution in [-0.2, 0) is 19.2 Å². The van der Waals surface area contributed by atoms with Crippen molar-refractivity contribution in [1.82, 2.24) is 0 Å². The van der Waals surface area contributed by atoms with Gasteiger partial charge in [-0.3, -0.25) is 0 Å². The van der Waals surface area contributed by atoms with Gasteiger partial charge in [0.25, 0.3) is 0 Å². The molecular weight excluding hydrogens is 373 g/mol. The topological polar surface area (TPSA) is 23.8 Å². The average molecular weight is 398 g/mol. The van der Waals surface area contributed by atoms with E-state index in [0.29, 0.717) is 5.25 Å². The molecule has 1 aliphatic heterocycles. The zero-order chi connectivity index (χ0) is 15.2. The Bertz CT molecular complexity index is 416. The molecule has 0 saturated carbocycles. The SMILES string of the molecule is CC(C)(C)[NH-].CC1=CC2SC=[C-]C2=C1C.C[Si](C)=[Ti+2].[Cl-].[Cl-]. The van der Waals surface area contributed by atoms with Crippen LogP contribution in [0, 0.1) is 6.08 Å². The largest absolute Gasteiger partial charge is 1.00 e. The van der Waals surface area contributed by atoms with Crippen molar-refractivity contribution in [2.45, 2.75) is 58.5 Å². The zero-order valence-corrected chi connectivity index (χ0v) is 18.8. The number of hydrogen-bond donors (Lipinski definition) is 0. The molecule has 1 aliphatic carbocycles. The molecule has 0 amide bonds. The Morgan fingerprint density at radius 3 is 1.95 bits per heavy atom. The fourth-order valence-electron chi connectivity index (χ4n) is 1.33. The first kappa shape index (κ1) is 26.9. The van der Waals surface area contributed by atoms with Crippen molar-refractivity contribution < 1.29 is 44.0 Å². The maximum Gasteiger partial charge on any atom is -1.00 e. The van der Waals surface area contributed by atoms with Gasteiger partial charge in [0, 0.05) is 5.25 Å². The predicted octanol–water partition coefficient (Wildman–Crippen LogP) is -0.676. The summed E-state index contributed by atoms with van der Waals surface area (Å²) in [5, 5.41) is 2.66. The predicted molar refractivity (Wildman–Crippen MR) is 87.2 cm³/mol. The number of rotatable bonds is 0. The number of halogens is 2. The van der Waals surface area contributed by atoms with Gasteiger partial charge in [0.2, 0.25) is 0 Å². The number of allylic oxidation sites excluding steroid dienone is 3. The van der Waals surface area contributed by atoms with Crippen LogP contribution in [0.1, 0.15) is 34.6 Å². The monoisotopic (exact) mass is 397 g/mol. The Morgan fingerprint density at radius 1 is 1.24 bits per heavy atom. The molecule has 21 heavy (non-hydrogen) atoms. The Morgan fingerprint density at radius 2 is 1.62 bits per heavy atom. The number of hydrogen-bond acceptors (Lipinski definition) is 1. The summed E-state index contributed by atoms with van der Waals surface area (Å²) in [6, 6.07) is 0. The van der Waals surface area contributed by atoms with E-state index in [9.17, 15) is 0 Å². The molecule has 1 nitrogen and oxygen atoms in total. The van der Waals surface area contributed by atoms with Crippen molar-refractivity contribution in [2.24, 2.45) is 0 Å². The molecule has 6 heteroatoms. The van der Waals surface area contributed by atoms with Gasteiger partial charge in [0.05, 0.1) is 0 Å². The third-order valence-electron chi connectivity index (χ3n) is 2.11. The van der Waals surface area contributed by atoms with E-state index in [1.807, 2.05) is 32.5 Å². The third-order valence-corrected chi connectivity index (χ3v) is 3.03. The molecule has 1 unspecified atom stereocenters. The fraction of sp³-hybridized carbons (Fsp3) is 0.600. The van der Waals surface area contributed by atoms with Gasteiger partial charge in [0.1, 0.15) is 0 Å². The standard InChI is InChI=1S/C9H9S.C4H10N.C2H6Si.2ClH.Ti/c1-6-5-9-8(7(6)2)3-4-10-9;1-4(2,3)5;1-3-2;;;/h4-5,9H,1-2H3;5H,1-3H3;1-2H3;2*1H;/q2*-1;;;;+2/p-2.